The molecule has 18 heteroatoms. The number of rotatable bonds is 10. The Bertz CT molecular complexity index is 3460. The van der Waals surface area contributed by atoms with Gasteiger partial charge >= 0.3 is 7.12 Å². The molecule has 1 aliphatic rings. The van der Waals surface area contributed by atoms with E-state index in [-0.39, 0.29) is 11.2 Å². The molecule has 1 aliphatic heterocycles. The normalized spacial score (nSPS) is 13.8. The predicted octanol–water partition coefficient (Wildman–Crippen LogP) is 11.5. The van der Waals surface area contributed by atoms with Crippen LogP contribution in [0.3, 0.4) is 0 Å². The number of halogens is 1. The van der Waals surface area contributed by atoms with Crippen LogP contribution in [0.2, 0.25) is 0 Å². The Kier molecular flexibility index (Phi) is 14.0. The fraction of sp³-hybridized carbons (Fsp3) is 0.296. The van der Waals surface area contributed by atoms with Gasteiger partial charge in [-0.25, -0.2) is 0 Å². The second-order valence-corrected chi connectivity index (χ2v) is 19.7. The van der Waals surface area contributed by atoms with Gasteiger partial charge in [-0.1, -0.05) is 71.0 Å². The fourth-order valence-corrected chi connectivity index (χ4v) is 9.67. The summed E-state index contributed by atoms with van der Waals surface area (Å²) in [4.78, 5) is 15.7. The van der Waals surface area contributed by atoms with Crippen LogP contribution in [0.4, 0.5) is 0 Å². The third-order valence-electron chi connectivity index (χ3n) is 13.1. The van der Waals surface area contributed by atoms with Gasteiger partial charge in [0.05, 0.1) is 70.5 Å². The van der Waals surface area contributed by atoms with Crippen molar-refractivity contribution in [3.8, 4) is 67.8 Å². The molecule has 10 aromatic rings. The number of aromatic amines is 2. The summed E-state index contributed by atoms with van der Waals surface area (Å²) in [5.41, 5.74) is 16.0. The van der Waals surface area contributed by atoms with Crippen LogP contribution in [0.15, 0.2) is 106 Å². The average Bonchev–Trinajstić information content (AvgIpc) is 4.23. The number of fused-ring (bicyclic) bond motifs is 2. The van der Waals surface area contributed by atoms with Gasteiger partial charge in [-0.05, 0) is 138 Å². The number of hydrogen-bond donors (Lipinski definition) is 2. The van der Waals surface area contributed by atoms with Gasteiger partial charge in [0, 0.05) is 45.5 Å². The van der Waals surface area contributed by atoms with Crippen molar-refractivity contribution in [3.63, 3.8) is 0 Å². The predicted molar refractivity (Wildman–Crippen MR) is 289 cm³/mol. The number of imidazole rings is 2. The van der Waals surface area contributed by atoms with E-state index in [1.54, 1.807) is 0 Å². The maximum Gasteiger partial charge on any atom is 0.514 e. The highest BCUT2D eigenvalue weighted by Crippen LogP contribution is 2.41. The van der Waals surface area contributed by atoms with Gasteiger partial charge in [-0.3, -0.25) is 9.36 Å². The van der Waals surface area contributed by atoms with Gasteiger partial charge in [0.2, 0.25) is 0 Å². The number of hydrogen-bond acceptors (Lipinski definition) is 12. The fourth-order valence-electron chi connectivity index (χ4n) is 8.92. The van der Waals surface area contributed by atoms with Crippen LogP contribution in [-0.2, 0) is 23.4 Å². The van der Waals surface area contributed by atoms with E-state index in [0.29, 0.717) is 25.2 Å². The molecule has 0 spiro atoms. The first-order valence-electron chi connectivity index (χ1n) is 23.8. The van der Waals surface area contributed by atoms with Gasteiger partial charge in [-0.15, -0.1) is 0 Å². The molecule has 0 unspecified atom stereocenters. The number of H-pyrrole nitrogens is 2. The molecule has 0 bridgehead atoms. The van der Waals surface area contributed by atoms with E-state index in [2.05, 4.69) is 134 Å². The number of nitrogens with one attached hydrogen (secondary N) is 2. The molecular formula is C54H58BIN10O6. The largest absolute Gasteiger partial charge is 0.514 e. The molecule has 72 heavy (non-hydrogen) atoms. The monoisotopic (exact) mass is 1080 g/mol. The van der Waals surface area contributed by atoms with Crippen molar-refractivity contribution in [2.24, 2.45) is 14.1 Å². The Hall–Kier alpha value is -7.03. The Morgan fingerprint density at radius 1 is 0.597 bits per heavy atom. The minimum atomic E-state index is -0.405. The van der Waals surface area contributed by atoms with Crippen molar-refractivity contribution in [1.29, 1.82) is 0 Å². The molecular weight excluding hydrogens is 1020 g/mol. The summed E-state index contributed by atoms with van der Waals surface area (Å²) in [7, 11) is 3.47. The maximum atomic E-state index is 6.17. The zero-order valence-corrected chi connectivity index (χ0v) is 44.8. The maximum absolute atomic E-state index is 6.17. The van der Waals surface area contributed by atoms with E-state index in [1.165, 1.54) is 0 Å². The minimum Gasteiger partial charge on any atom is -0.465 e. The SMILES string of the molecule is CCOc1nc2c(-c3c(-c4ccccc4)cnn3C)cc(-c3c(C)noc3C)cc2[nH]1.CCOc1nc2c(I)cc(-c3c(C)noc3C)cc2[nH]1.Cn1ncc(-c2ccccc2)c1B1OC(C)(C)C(C)(C)O1. The van der Waals surface area contributed by atoms with E-state index >= 15 is 0 Å². The van der Waals surface area contributed by atoms with Crippen LogP contribution in [0.25, 0.3) is 77.8 Å². The number of aryl methyl sites for hydroxylation is 6. The van der Waals surface area contributed by atoms with Crippen LogP contribution in [0, 0.1) is 31.3 Å². The van der Waals surface area contributed by atoms with Crippen molar-refractivity contribution < 1.29 is 27.8 Å². The van der Waals surface area contributed by atoms with E-state index in [4.69, 9.17) is 32.8 Å². The van der Waals surface area contributed by atoms with Crippen molar-refractivity contribution in [1.82, 2.24) is 49.8 Å². The van der Waals surface area contributed by atoms with Crippen molar-refractivity contribution in [2.75, 3.05) is 13.2 Å². The standard InChI is InChI=1S/C24H23N5O2.C16H21BN2O2.C14H14IN3O2/c1-5-30-24-26-20-12-17(21-14(2)28-31-15(21)3)11-18(22(20)27-24)23-19(13-25-29(23)4)16-9-7-6-8-10-16;1-15(2)16(3,4)21-17(20-15)14-13(11-18-19(14)5)12-9-7-6-8-10-12;1-4-19-14-16-11-6-9(5-10(15)13(11)17-14)12-7(2)18-20-8(12)3/h6-13H,5H2,1-4H3,(H,26,27);6-11H,1-5H3;5-6H,4H2,1-3H3,(H,16,17). The van der Waals surface area contributed by atoms with Crippen molar-refractivity contribution >= 4 is 57.4 Å². The van der Waals surface area contributed by atoms with E-state index < -0.39 is 7.12 Å². The Balaban J connectivity index is 0.000000138. The molecule has 4 aromatic carbocycles. The number of nitrogens with zero attached hydrogens (tertiary/aromatic N) is 8. The van der Waals surface area contributed by atoms with Gasteiger partial charge in [0.15, 0.2) is 0 Å². The van der Waals surface area contributed by atoms with Crippen LogP contribution in [0.5, 0.6) is 12.0 Å². The topological polar surface area (TPSA) is 182 Å². The molecule has 7 heterocycles. The number of ether oxygens (including phenoxy) is 2. The highest BCUT2D eigenvalue weighted by molar-refractivity contribution is 14.1. The summed E-state index contributed by atoms with van der Waals surface area (Å²) in [6.45, 7) is 21.0. The first kappa shape index (κ1) is 49.9. The van der Waals surface area contributed by atoms with Crippen LogP contribution >= 0.6 is 22.6 Å². The van der Waals surface area contributed by atoms with E-state index in [9.17, 15) is 0 Å². The van der Waals surface area contributed by atoms with Gasteiger partial charge in [0.1, 0.15) is 22.6 Å². The van der Waals surface area contributed by atoms with Gasteiger partial charge in [-0.2, -0.15) is 20.2 Å². The zero-order chi connectivity index (χ0) is 51.1. The van der Waals surface area contributed by atoms with Crippen LogP contribution in [0.1, 0.15) is 64.5 Å². The number of aromatic nitrogens is 10. The Morgan fingerprint density at radius 2 is 1.07 bits per heavy atom. The lowest BCUT2D eigenvalue weighted by Crippen LogP contribution is -2.41. The lowest BCUT2D eigenvalue weighted by atomic mass is 9.80. The summed E-state index contributed by atoms with van der Waals surface area (Å²) in [6.07, 6.45) is 3.77. The Morgan fingerprint density at radius 3 is 1.58 bits per heavy atom. The lowest BCUT2D eigenvalue weighted by Gasteiger charge is -2.32. The molecule has 0 amide bonds. The van der Waals surface area contributed by atoms with Crippen LogP contribution in [-0.4, -0.2) is 81.3 Å². The summed E-state index contributed by atoms with van der Waals surface area (Å²) < 4.78 is 38.9. The summed E-state index contributed by atoms with van der Waals surface area (Å²) in [5.74, 6) is 1.60. The molecule has 16 nitrogen and oxygen atoms in total. The summed E-state index contributed by atoms with van der Waals surface area (Å²) in [5, 5.41) is 17.1. The second kappa shape index (κ2) is 20.2. The van der Waals surface area contributed by atoms with Gasteiger partial charge in [0.25, 0.3) is 12.0 Å². The second-order valence-electron chi connectivity index (χ2n) is 18.5. The third-order valence-corrected chi connectivity index (χ3v) is 13.9. The lowest BCUT2D eigenvalue weighted by molar-refractivity contribution is 0.00578. The highest BCUT2D eigenvalue weighted by Gasteiger charge is 2.53. The molecule has 0 atom stereocenters. The Labute approximate surface area is 432 Å². The smallest absolute Gasteiger partial charge is 0.465 e. The summed E-state index contributed by atoms with van der Waals surface area (Å²) in [6, 6.07) is 29.9. The first-order valence-corrected chi connectivity index (χ1v) is 24.9. The number of benzene rings is 4. The average molecular weight is 1080 g/mol. The summed E-state index contributed by atoms with van der Waals surface area (Å²) >= 11 is 2.28. The van der Waals surface area contributed by atoms with Crippen molar-refractivity contribution in [2.45, 2.75) is 80.4 Å². The van der Waals surface area contributed by atoms with Gasteiger partial charge < -0.3 is 37.8 Å². The molecule has 0 saturated carbocycles. The molecule has 0 radical (unpaired) electrons. The van der Waals surface area contributed by atoms with Crippen LogP contribution < -0.4 is 15.1 Å². The quantitative estimate of drug-likeness (QED) is 0.0978. The first-order chi connectivity index (χ1) is 34.5. The minimum absolute atomic E-state index is 0.351. The molecule has 1 fully saturated rings. The molecule has 370 valence electrons. The van der Waals surface area contributed by atoms with Crippen molar-refractivity contribution in [3.05, 3.63) is 124 Å². The molecule has 11 rings (SSSR count). The third kappa shape index (κ3) is 9.69. The molecule has 1 saturated heterocycles. The van der Waals surface area contributed by atoms with E-state index in [0.717, 1.165) is 110 Å². The molecule has 0 aliphatic carbocycles. The highest BCUT2D eigenvalue weighted by atomic mass is 127. The molecule has 2 N–H and O–H groups in total. The molecule has 6 aromatic heterocycles. The van der Waals surface area contributed by atoms with E-state index in [1.807, 2.05) is 114 Å². The zero-order valence-electron chi connectivity index (χ0n) is 42.6.